The molecule has 1 aliphatic rings. The lowest BCUT2D eigenvalue weighted by Gasteiger charge is -2.23. The van der Waals surface area contributed by atoms with Crippen LogP contribution in [0.5, 0.6) is 11.5 Å². The first-order chi connectivity index (χ1) is 15.9. The van der Waals surface area contributed by atoms with Gasteiger partial charge in [-0.15, -0.1) is 11.3 Å². The Morgan fingerprint density at radius 1 is 1.15 bits per heavy atom. The van der Waals surface area contributed by atoms with Crippen molar-refractivity contribution >= 4 is 51.3 Å². The number of rotatable bonds is 6. The Balaban J connectivity index is 1.55. The Morgan fingerprint density at radius 3 is 2.70 bits per heavy atom. The van der Waals surface area contributed by atoms with Crippen LogP contribution in [0.2, 0.25) is 5.02 Å². The molecule has 0 unspecified atom stereocenters. The van der Waals surface area contributed by atoms with Gasteiger partial charge in [0.15, 0.2) is 5.13 Å². The molecule has 33 heavy (non-hydrogen) atoms. The van der Waals surface area contributed by atoms with Gasteiger partial charge < -0.3 is 9.47 Å². The predicted molar refractivity (Wildman–Crippen MR) is 130 cm³/mol. The summed E-state index contributed by atoms with van der Waals surface area (Å²) < 4.78 is 10.7. The molecule has 0 spiro atoms. The zero-order chi connectivity index (χ0) is 23.5. The van der Waals surface area contributed by atoms with Crippen molar-refractivity contribution in [3.63, 3.8) is 0 Å². The number of ether oxygens (including phenoxy) is 2. The molecular weight excluding hydrogens is 464 g/mol. The Hall–Kier alpha value is -3.43. The Kier molecular flexibility index (Phi) is 6.62. The lowest BCUT2D eigenvalue weighted by atomic mass is 10.1. The highest BCUT2D eigenvalue weighted by Crippen LogP contribution is 2.35. The molecule has 10 heteroatoms. The summed E-state index contributed by atoms with van der Waals surface area (Å²) in [6.45, 7) is 1.87. The number of methoxy groups -OCH3 is 2. The molecule has 0 aliphatic carbocycles. The Morgan fingerprint density at radius 2 is 1.97 bits per heavy atom. The number of hydrogen-bond donors (Lipinski definition) is 1. The van der Waals surface area contributed by atoms with Gasteiger partial charge in [0.05, 0.1) is 25.6 Å². The van der Waals surface area contributed by atoms with E-state index >= 15 is 0 Å². The van der Waals surface area contributed by atoms with Crippen molar-refractivity contribution in [3.05, 3.63) is 52.4 Å². The fourth-order valence-corrected chi connectivity index (χ4v) is 4.15. The quantitative estimate of drug-likeness (QED) is 0.536. The van der Waals surface area contributed by atoms with Crippen molar-refractivity contribution in [2.45, 2.75) is 19.8 Å². The van der Waals surface area contributed by atoms with Gasteiger partial charge in [0, 0.05) is 28.8 Å². The van der Waals surface area contributed by atoms with E-state index in [1.807, 2.05) is 18.4 Å². The molecule has 1 aromatic heterocycles. The molecule has 0 saturated carbocycles. The first-order valence-electron chi connectivity index (χ1n) is 10.1. The number of thiazole rings is 1. The standard InChI is InChI=1S/C23H21ClN4O4S/c1-13-4-5-14(10-17(13)24)28-21(29)9-7-18(27-28)22(30)26-23-25-19(12-33-23)16-11-15(31-2)6-8-20(16)32-3/h4-6,8,10-12H,7,9H2,1-3H3,(H,25,26,30). The van der Waals surface area contributed by atoms with E-state index in [9.17, 15) is 9.59 Å². The largest absolute Gasteiger partial charge is 0.497 e. The van der Waals surface area contributed by atoms with E-state index in [1.54, 1.807) is 44.6 Å². The normalized spacial score (nSPS) is 13.5. The van der Waals surface area contributed by atoms with Gasteiger partial charge in [-0.25, -0.2) is 9.99 Å². The predicted octanol–water partition coefficient (Wildman–Crippen LogP) is 4.91. The second-order valence-corrected chi connectivity index (χ2v) is 8.51. The number of nitrogens with one attached hydrogen (secondary N) is 1. The summed E-state index contributed by atoms with van der Waals surface area (Å²) in [5.74, 6) is 0.695. The molecule has 0 radical (unpaired) electrons. The molecule has 0 atom stereocenters. The minimum absolute atomic E-state index is 0.169. The topological polar surface area (TPSA) is 93.1 Å². The van der Waals surface area contributed by atoms with Gasteiger partial charge in [-0.1, -0.05) is 17.7 Å². The smallest absolute Gasteiger partial charge is 0.273 e. The third kappa shape index (κ3) is 4.84. The van der Waals surface area contributed by atoms with Gasteiger partial charge in [-0.05, 0) is 42.8 Å². The highest BCUT2D eigenvalue weighted by Gasteiger charge is 2.26. The average Bonchev–Trinajstić information content (AvgIpc) is 3.29. The lowest BCUT2D eigenvalue weighted by Crippen LogP contribution is -2.36. The van der Waals surface area contributed by atoms with Crippen LogP contribution in [0.15, 0.2) is 46.9 Å². The Bertz CT molecular complexity index is 1260. The Labute approximate surface area is 199 Å². The summed E-state index contributed by atoms with van der Waals surface area (Å²) in [6, 6.07) is 10.6. The SMILES string of the molecule is COc1ccc(OC)c(-c2csc(NC(=O)C3=NN(c4ccc(C)c(Cl)c4)C(=O)CC3)n2)c1. The number of hydrazone groups is 1. The third-order valence-corrected chi connectivity index (χ3v) is 6.27. The average molecular weight is 485 g/mol. The van der Waals surface area contributed by atoms with E-state index in [0.717, 1.165) is 11.1 Å². The molecule has 2 aromatic carbocycles. The van der Waals surface area contributed by atoms with Crippen molar-refractivity contribution in [1.29, 1.82) is 0 Å². The molecule has 1 aliphatic heterocycles. The zero-order valence-electron chi connectivity index (χ0n) is 18.2. The molecule has 170 valence electrons. The summed E-state index contributed by atoms with van der Waals surface area (Å²) in [5.41, 5.74) is 3.03. The van der Waals surface area contributed by atoms with Gasteiger partial charge in [-0.2, -0.15) is 5.10 Å². The van der Waals surface area contributed by atoms with Crippen LogP contribution in [0, 0.1) is 6.92 Å². The second kappa shape index (κ2) is 9.60. The van der Waals surface area contributed by atoms with Gasteiger partial charge in [0.1, 0.15) is 17.2 Å². The van der Waals surface area contributed by atoms with Crippen LogP contribution in [-0.2, 0) is 9.59 Å². The maximum atomic E-state index is 12.9. The number of aromatic nitrogens is 1. The van der Waals surface area contributed by atoms with Crippen LogP contribution in [0.3, 0.4) is 0 Å². The number of halogens is 1. The monoisotopic (exact) mass is 484 g/mol. The molecule has 1 N–H and O–H groups in total. The van der Waals surface area contributed by atoms with Crippen LogP contribution >= 0.6 is 22.9 Å². The van der Waals surface area contributed by atoms with E-state index in [-0.39, 0.29) is 24.5 Å². The minimum Gasteiger partial charge on any atom is -0.497 e. The number of carbonyl (C=O) groups is 2. The van der Waals surface area contributed by atoms with Gasteiger partial charge in [-0.3, -0.25) is 14.9 Å². The van der Waals surface area contributed by atoms with Crippen LogP contribution in [0.4, 0.5) is 10.8 Å². The molecule has 4 rings (SSSR count). The molecule has 3 aromatic rings. The lowest BCUT2D eigenvalue weighted by molar-refractivity contribution is -0.118. The van der Waals surface area contributed by atoms with Crippen LogP contribution in [-0.4, -0.2) is 36.7 Å². The van der Waals surface area contributed by atoms with E-state index in [1.165, 1.54) is 16.3 Å². The van der Waals surface area contributed by atoms with E-state index in [2.05, 4.69) is 15.4 Å². The number of nitrogens with zero attached hydrogens (tertiary/aromatic N) is 3. The number of aryl methyl sites for hydroxylation is 1. The molecule has 0 fully saturated rings. The first-order valence-corrected chi connectivity index (χ1v) is 11.3. The maximum absolute atomic E-state index is 12.9. The maximum Gasteiger partial charge on any atom is 0.273 e. The number of amides is 2. The van der Waals surface area contributed by atoms with Crippen molar-refractivity contribution in [2.75, 3.05) is 24.5 Å². The summed E-state index contributed by atoms with van der Waals surface area (Å²) in [5, 5.41) is 11.0. The van der Waals surface area contributed by atoms with Crippen molar-refractivity contribution in [3.8, 4) is 22.8 Å². The number of benzene rings is 2. The highest BCUT2D eigenvalue weighted by atomic mass is 35.5. The van der Waals surface area contributed by atoms with Crippen molar-refractivity contribution < 1.29 is 19.1 Å². The number of carbonyl (C=O) groups excluding carboxylic acids is 2. The minimum atomic E-state index is -0.413. The molecule has 0 bridgehead atoms. The van der Waals surface area contributed by atoms with Crippen molar-refractivity contribution in [2.24, 2.45) is 5.10 Å². The molecule has 8 nitrogen and oxygen atoms in total. The summed E-state index contributed by atoms with van der Waals surface area (Å²) in [7, 11) is 3.16. The third-order valence-electron chi connectivity index (χ3n) is 5.10. The van der Waals surface area contributed by atoms with Crippen molar-refractivity contribution in [1.82, 2.24) is 4.98 Å². The van der Waals surface area contributed by atoms with E-state index < -0.39 is 5.91 Å². The fourth-order valence-electron chi connectivity index (χ4n) is 3.27. The van der Waals surface area contributed by atoms with Gasteiger partial charge in [0.2, 0.25) is 5.91 Å². The number of anilines is 2. The van der Waals surface area contributed by atoms with Gasteiger partial charge >= 0.3 is 0 Å². The fraction of sp³-hybridized carbons (Fsp3) is 0.217. The molecule has 0 saturated heterocycles. The molecular formula is C23H21ClN4O4S. The molecule has 2 heterocycles. The van der Waals surface area contributed by atoms with E-state index in [4.69, 9.17) is 21.1 Å². The zero-order valence-corrected chi connectivity index (χ0v) is 19.8. The van der Waals surface area contributed by atoms with Crippen LogP contribution in [0.1, 0.15) is 18.4 Å². The molecule has 2 amide bonds. The van der Waals surface area contributed by atoms with Crippen LogP contribution < -0.4 is 19.8 Å². The summed E-state index contributed by atoms with van der Waals surface area (Å²) in [4.78, 5) is 29.8. The van der Waals surface area contributed by atoms with Gasteiger partial charge in [0.25, 0.3) is 5.91 Å². The number of hydrogen-bond acceptors (Lipinski definition) is 7. The second-order valence-electron chi connectivity index (χ2n) is 7.24. The summed E-state index contributed by atoms with van der Waals surface area (Å²) >= 11 is 7.47. The first kappa shape index (κ1) is 22.8. The van der Waals surface area contributed by atoms with Crippen LogP contribution in [0.25, 0.3) is 11.3 Å². The summed E-state index contributed by atoms with van der Waals surface area (Å²) in [6.07, 6.45) is 0.407. The highest BCUT2D eigenvalue weighted by molar-refractivity contribution is 7.14. The van der Waals surface area contributed by atoms with E-state index in [0.29, 0.717) is 33.0 Å².